The van der Waals surface area contributed by atoms with Crippen LogP contribution >= 0.6 is 35.3 Å². The van der Waals surface area contributed by atoms with Gasteiger partial charge in [-0.15, -0.1) is 35.3 Å². The first kappa shape index (κ1) is 24.7. The first-order valence-corrected chi connectivity index (χ1v) is 11.0. The molecule has 1 aromatic rings. The standard InChI is InChI=1S/C20H37N5S.HI/c1-4-24-11-13-25(14-12-24)10-6-5-9-22-20(21-3)23-17-18(2)16-19-8-7-15-26-19;/h7-8,15,18H,4-6,9-14,16-17H2,1-3H3,(H2,21,22,23);1H. The molecular formula is C20H38IN5S. The number of nitrogens with one attached hydrogen (secondary N) is 2. The quantitative estimate of drug-likeness (QED) is 0.221. The van der Waals surface area contributed by atoms with E-state index in [1.54, 1.807) is 0 Å². The minimum atomic E-state index is 0. The fraction of sp³-hybridized carbons (Fsp3) is 0.750. The minimum absolute atomic E-state index is 0. The lowest BCUT2D eigenvalue weighted by Gasteiger charge is -2.34. The molecule has 27 heavy (non-hydrogen) atoms. The normalized spacial score (nSPS) is 17.4. The molecule has 2 rings (SSSR count). The molecule has 0 bridgehead atoms. The Hall–Kier alpha value is -0.380. The van der Waals surface area contributed by atoms with E-state index < -0.39 is 0 Å². The van der Waals surface area contributed by atoms with Crippen LogP contribution in [0.25, 0.3) is 0 Å². The predicted molar refractivity (Wildman–Crippen MR) is 130 cm³/mol. The number of hydrogen-bond donors (Lipinski definition) is 2. The lowest BCUT2D eigenvalue weighted by Crippen LogP contribution is -2.46. The van der Waals surface area contributed by atoms with Gasteiger partial charge in [-0.3, -0.25) is 4.99 Å². The molecule has 1 aliphatic rings. The van der Waals surface area contributed by atoms with E-state index in [0.717, 1.165) is 25.5 Å². The van der Waals surface area contributed by atoms with E-state index in [-0.39, 0.29) is 24.0 Å². The van der Waals surface area contributed by atoms with Gasteiger partial charge >= 0.3 is 0 Å². The van der Waals surface area contributed by atoms with Crippen molar-refractivity contribution in [2.45, 2.75) is 33.1 Å². The zero-order valence-electron chi connectivity index (χ0n) is 17.2. The molecule has 2 N–H and O–H groups in total. The Bertz CT molecular complexity index is 500. The van der Waals surface area contributed by atoms with Crippen LogP contribution in [0, 0.1) is 5.92 Å². The van der Waals surface area contributed by atoms with E-state index in [9.17, 15) is 0 Å². The maximum Gasteiger partial charge on any atom is 0.190 e. The van der Waals surface area contributed by atoms with E-state index >= 15 is 0 Å². The van der Waals surface area contributed by atoms with Crippen LogP contribution in [0.5, 0.6) is 0 Å². The molecule has 1 saturated heterocycles. The predicted octanol–water partition coefficient (Wildman–Crippen LogP) is 3.13. The third-order valence-corrected chi connectivity index (χ3v) is 5.98. The van der Waals surface area contributed by atoms with Crippen LogP contribution in [-0.4, -0.2) is 75.2 Å². The molecule has 1 fully saturated rings. The first-order valence-electron chi connectivity index (χ1n) is 10.1. The molecule has 1 aromatic heterocycles. The molecule has 0 amide bonds. The Kier molecular flexibility index (Phi) is 13.3. The number of hydrogen-bond acceptors (Lipinski definition) is 4. The Balaban J connectivity index is 0.00000364. The summed E-state index contributed by atoms with van der Waals surface area (Å²) in [6.45, 7) is 13.8. The van der Waals surface area contributed by atoms with Crippen LogP contribution in [0.4, 0.5) is 0 Å². The van der Waals surface area contributed by atoms with E-state index in [0.29, 0.717) is 5.92 Å². The molecule has 1 atom stereocenters. The molecule has 7 heteroatoms. The van der Waals surface area contributed by atoms with Crippen molar-refractivity contribution in [3.8, 4) is 0 Å². The summed E-state index contributed by atoms with van der Waals surface area (Å²) < 4.78 is 0. The highest BCUT2D eigenvalue weighted by Crippen LogP contribution is 2.13. The molecule has 156 valence electrons. The number of halogens is 1. The van der Waals surface area contributed by atoms with Crippen molar-refractivity contribution in [3.63, 3.8) is 0 Å². The van der Waals surface area contributed by atoms with Gasteiger partial charge in [0.25, 0.3) is 0 Å². The molecule has 2 heterocycles. The summed E-state index contributed by atoms with van der Waals surface area (Å²) in [4.78, 5) is 10.9. The number of guanidine groups is 1. The monoisotopic (exact) mass is 507 g/mol. The molecule has 0 aromatic carbocycles. The van der Waals surface area contributed by atoms with Crippen LogP contribution in [0.3, 0.4) is 0 Å². The second-order valence-electron chi connectivity index (χ2n) is 7.25. The largest absolute Gasteiger partial charge is 0.356 e. The third-order valence-electron chi connectivity index (χ3n) is 5.08. The number of piperazine rings is 1. The smallest absolute Gasteiger partial charge is 0.190 e. The first-order chi connectivity index (χ1) is 12.7. The Morgan fingerprint density at radius 3 is 2.56 bits per heavy atom. The average molecular weight is 508 g/mol. The average Bonchev–Trinajstić information content (AvgIpc) is 3.17. The maximum absolute atomic E-state index is 4.34. The molecule has 0 radical (unpaired) electrons. The van der Waals surface area contributed by atoms with Crippen molar-refractivity contribution in [1.82, 2.24) is 20.4 Å². The molecule has 0 aliphatic carbocycles. The summed E-state index contributed by atoms with van der Waals surface area (Å²) in [7, 11) is 1.85. The topological polar surface area (TPSA) is 42.9 Å². The molecular weight excluding hydrogens is 469 g/mol. The molecule has 1 aliphatic heterocycles. The molecule has 0 saturated carbocycles. The van der Waals surface area contributed by atoms with Gasteiger partial charge in [0.15, 0.2) is 5.96 Å². The van der Waals surface area contributed by atoms with Crippen molar-refractivity contribution >= 4 is 41.3 Å². The number of rotatable bonds is 10. The van der Waals surface area contributed by atoms with Crippen LogP contribution in [0.1, 0.15) is 31.6 Å². The van der Waals surface area contributed by atoms with E-state index in [4.69, 9.17) is 0 Å². The van der Waals surface area contributed by atoms with Crippen LogP contribution in [-0.2, 0) is 6.42 Å². The van der Waals surface area contributed by atoms with Gasteiger partial charge in [-0.05, 0) is 49.7 Å². The van der Waals surface area contributed by atoms with Gasteiger partial charge in [-0.1, -0.05) is 19.9 Å². The highest BCUT2D eigenvalue weighted by atomic mass is 127. The Morgan fingerprint density at radius 1 is 1.19 bits per heavy atom. The van der Waals surface area contributed by atoms with E-state index in [2.05, 4.69) is 56.8 Å². The number of likely N-dealkylation sites (N-methyl/N-ethyl adjacent to an activating group) is 1. The van der Waals surface area contributed by atoms with E-state index in [1.165, 1.54) is 57.0 Å². The summed E-state index contributed by atoms with van der Waals surface area (Å²) in [5, 5.41) is 9.07. The summed E-state index contributed by atoms with van der Waals surface area (Å²) in [6.07, 6.45) is 3.58. The van der Waals surface area contributed by atoms with Crippen LogP contribution in [0.15, 0.2) is 22.5 Å². The van der Waals surface area contributed by atoms with Crippen molar-refractivity contribution < 1.29 is 0 Å². The van der Waals surface area contributed by atoms with E-state index in [1.807, 2.05) is 18.4 Å². The van der Waals surface area contributed by atoms with Crippen molar-refractivity contribution in [1.29, 1.82) is 0 Å². The molecule has 1 unspecified atom stereocenters. The Morgan fingerprint density at radius 2 is 1.93 bits per heavy atom. The van der Waals surface area contributed by atoms with Gasteiger partial charge in [0.05, 0.1) is 0 Å². The van der Waals surface area contributed by atoms with Gasteiger partial charge in [0.1, 0.15) is 0 Å². The zero-order chi connectivity index (χ0) is 18.6. The minimum Gasteiger partial charge on any atom is -0.356 e. The second kappa shape index (κ2) is 14.6. The molecule has 0 spiro atoms. The summed E-state index contributed by atoms with van der Waals surface area (Å²) in [6, 6.07) is 4.35. The van der Waals surface area contributed by atoms with Gasteiger partial charge in [-0.2, -0.15) is 0 Å². The van der Waals surface area contributed by atoms with Crippen LogP contribution < -0.4 is 10.6 Å². The number of unbranched alkanes of at least 4 members (excludes halogenated alkanes) is 1. The van der Waals surface area contributed by atoms with Gasteiger partial charge in [0, 0.05) is 51.2 Å². The number of nitrogens with zero attached hydrogens (tertiary/aromatic N) is 3. The van der Waals surface area contributed by atoms with Gasteiger partial charge in [-0.25, -0.2) is 0 Å². The second-order valence-corrected chi connectivity index (χ2v) is 8.28. The molecule has 5 nitrogen and oxygen atoms in total. The fourth-order valence-corrected chi connectivity index (χ4v) is 4.20. The summed E-state index contributed by atoms with van der Waals surface area (Å²) in [5.74, 6) is 1.54. The van der Waals surface area contributed by atoms with Crippen molar-refractivity contribution in [2.75, 3.05) is 59.4 Å². The Labute approximate surface area is 187 Å². The lowest BCUT2D eigenvalue weighted by atomic mass is 10.1. The highest BCUT2D eigenvalue weighted by molar-refractivity contribution is 14.0. The van der Waals surface area contributed by atoms with Crippen LogP contribution in [0.2, 0.25) is 0 Å². The maximum atomic E-state index is 4.34. The third kappa shape index (κ3) is 10.1. The van der Waals surface area contributed by atoms with Crippen molar-refractivity contribution in [2.24, 2.45) is 10.9 Å². The summed E-state index contributed by atoms with van der Waals surface area (Å²) >= 11 is 1.84. The number of aliphatic imine (C=N–C) groups is 1. The number of thiophene rings is 1. The van der Waals surface area contributed by atoms with Gasteiger partial charge < -0.3 is 20.4 Å². The lowest BCUT2D eigenvalue weighted by molar-refractivity contribution is 0.136. The summed E-state index contributed by atoms with van der Waals surface area (Å²) in [5.41, 5.74) is 0. The van der Waals surface area contributed by atoms with Crippen molar-refractivity contribution in [3.05, 3.63) is 22.4 Å². The van der Waals surface area contributed by atoms with Gasteiger partial charge in [0.2, 0.25) is 0 Å². The highest BCUT2D eigenvalue weighted by Gasteiger charge is 2.14. The SMILES string of the molecule is CCN1CCN(CCCCNC(=NC)NCC(C)Cc2cccs2)CC1.I. The fourth-order valence-electron chi connectivity index (χ4n) is 3.33. The zero-order valence-corrected chi connectivity index (χ0v) is 20.4.